The van der Waals surface area contributed by atoms with Crippen LogP contribution in [-0.4, -0.2) is 22.4 Å². The largest absolute Gasteiger partial charge is 0.352 e. The number of pyridine rings is 1. The molecule has 1 amide bonds. The lowest BCUT2D eigenvalue weighted by molar-refractivity contribution is -0.383. The SMILES string of the molecule is CCNC(=O)c1cc(C)nc2c([N+](=O)[O-])cccc12. The van der Waals surface area contributed by atoms with Crippen molar-refractivity contribution in [1.82, 2.24) is 10.3 Å². The van der Waals surface area contributed by atoms with Crippen LogP contribution >= 0.6 is 0 Å². The van der Waals surface area contributed by atoms with Gasteiger partial charge >= 0.3 is 0 Å². The predicted octanol–water partition coefficient (Wildman–Crippen LogP) is 2.20. The highest BCUT2D eigenvalue weighted by Crippen LogP contribution is 2.26. The first-order valence-electron chi connectivity index (χ1n) is 5.87. The maximum absolute atomic E-state index is 12.0. The maximum atomic E-state index is 12.0. The van der Waals surface area contributed by atoms with Crippen LogP contribution in [0.5, 0.6) is 0 Å². The Morgan fingerprint density at radius 1 is 1.47 bits per heavy atom. The van der Waals surface area contributed by atoms with E-state index in [9.17, 15) is 14.9 Å². The first kappa shape index (κ1) is 12.9. The van der Waals surface area contributed by atoms with E-state index in [2.05, 4.69) is 10.3 Å². The van der Waals surface area contributed by atoms with E-state index in [-0.39, 0.29) is 17.1 Å². The molecule has 0 aliphatic heterocycles. The number of aryl methyl sites for hydroxylation is 1. The van der Waals surface area contributed by atoms with E-state index in [0.29, 0.717) is 23.2 Å². The van der Waals surface area contributed by atoms with Gasteiger partial charge in [-0.25, -0.2) is 4.98 Å². The molecule has 1 heterocycles. The second-order valence-corrected chi connectivity index (χ2v) is 4.10. The van der Waals surface area contributed by atoms with Crippen LogP contribution in [0.4, 0.5) is 5.69 Å². The molecule has 0 bridgehead atoms. The number of rotatable bonds is 3. The second-order valence-electron chi connectivity index (χ2n) is 4.10. The average molecular weight is 259 g/mol. The third-order valence-electron chi connectivity index (χ3n) is 2.72. The minimum atomic E-state index is -0.490. The Labute approximate surface area is 109 Å². The van der Waals surface area contributed by atoms with Gasteiger partial charge in [0.2, 0.25) is 0 Å². The number of carbonyl (C=O) groups is 1. The molecule has 0 saturated carbocycles. The molecule has 0 fully saturated rings. The monoisotopic (exact) mass is 259 g/mol. The van der Waals surface area contributed by atoms with Gasteiger partial charge in [0, 0.05) is 23.7 Å². The molecule has 98 valence electrons. The summed E-state index contributed by atoms with van der Waals surface area (Å²) in [4.78, 5) is 26.7. The van der Waals surface area contributed by atoms with Gasteiger partial charge in [-0.2, -0.15) is 0 Å². The van der Waals surface area contributed by atoms with Gasteiger partial charge in [-0.05, 0) is 19.9 Å². The van der Waals surface area contributed by atoms with Crippen molar-refractivity contribution in [1.29, 1.82) is 0 Å². The minimum absolute atomic E-state index is 0.0910. The number of carbonyl (C=O) groups excluding carboxylic acids is 1. The summed E-state index contributed by atoms with van der Waals surface area (Å²) < 4.78 is 0. The van der Waals surface area contributed by atoms with Crippen LogP contribution in [-0.2, 0) is 0 Å². The first-order chi connectivity index (χ1) is 9.04. The number of non-ortho nitro benzene ring substituents is 1. The predicted molar refractivity (Wildman–Crippen MR) is 71.1 cm³/mol. The van der Waals surface area contributed by atoms with Crippen molar-refractivity contribution in [3.8, 4) is 0 Å². The number of para-hydroxylation sites is 1. The Morgan fingerprint density at radius 3 is 2.84 bits per heavy atom. The zero-order valence-corrected chi connectivity index (χ0v) is 10.6. The highest BCUT2D eigenvalue weighted by atomic mass is 16.6. The molecule has 2 aromatic rings. The number of fused-ring (bicyclic) bond motifs is 1. The quantitative estimate of drug-likeness (QED) is 0.676. The first-order valence-corrected chi connectivity index (χ1v) is 5.87. The Bertz CT molecular complexity index is 667. The van der Waals surface area contributed by atoms with Gasteiger partial charge in [0.05, 0.1) is 10.5 Å². The lowest BCUT2D eigenvalue weighted by atomic mass is 10.1. The van der Waals surface area contributed by atoms with Gasteiger partial charge in [0.25, 0.3) is 11.6 Å². The molecule has 0 aliphatic carbocycles. The zero-order chi connectivity index (χ0) is 14.0. The summed E-state index contributed by atoms with van der Waals surface area (Å²) in [5, 5.41) is 14.2. The number of hydrogen-bond donors (Lipinski definition) is 1. The van der Waals surface area contributed by atoms with Crippen molar-refractivity contribution in [2.45, 2.75) is 13.8 Å². The molecule has 19 heavy (non-hydrogen) atoms. The Hall–Kier alpha value is -2.50. The Balaban J connectivity index is 2.76. The van der Waals surface area contributed by atoms with Gasteiger partial charge in [0.1, 0.15) is 5.52 Å². The van der Waals surface area contributed by atoms with E-state index in [4.69, 9.17) is 0 Å². The number of hydrogen-bond acceptors (Lipinski definition) is 4. The number of aromatic nitrogens is 1. The van der Waals surface area contributed by atoms with Gasteiger partial charge in [-0.1, -0.05) is 12.1 Å². The fourth-order valence-electron chi connectivity index (χ4n) is 1.95. The van der Waals surface area contributed by atoms with E-state index in [0.717, 1.165) is 0 Å². The van der Waals surface area contributed by atoms with Gasteiger partial charge in [-0.15, -0.1) is 0 Å². The normalized spacial score (nSPS) is 10.4. The molecule has 6 nitrogen and oxygen atoms in total. The molecule has 1 N–H and O–H groups in total. The van der Waals surface area contributed by atoms with Crippen LogP contribution in [0.1, 0.15) is 23.0 Å². The number of benzene rings is 1. The molecule has 1 aromatic heterocycles. The highest BCUT2D eigenvalue weighted by molar-refractivity contribution is 6.07. The molecule has 0 unspecified atom stereocenters. The molecule has 6 heteroatoms. The van der Waals surface area contributed by atoms with Crippen molar-refractivity contribution in [2.24, 2.45) is 0 Å². The maximum Gasteiger partial charge on any atom is 0.295 e. The second kappa shape index (κ2) is 5.01. The van der Waals surface area contributed by atoms with Crippen molar-refractivity contribution < 1.29 is 9.72 Å². The Morgan fingerprint density at radius 2 is 2.21 bits per heavy atom. The van der Waals surface area contributed by atoms with Gasteiger partial charge in [0.15, 0.2) is 0 Å². The van der Waals surface area contributed by atoms with Crippen LogP contribution < -0.4 is 5.32 Å². The molecule has 2 rings (SSSR count). The van der Waals surface area contributed by atoms with E-state index in [1.54, 1.807) is 25.1 Å². The summed E-state index contributed by atoms with van der Waals surface area (Å²) >= 11 is 0. The lowest BCUT2D eigenvalue weighted by Gasteiger charge is -2.07. The third-order valence-corrected chi connectivity index (χ3v) is 2.72. The number of amides is 1. The van der Waals surface area contributed by atoms with E-state index in [1.807, 2.05) is 6.92 Å². The molecule has 0 saturated heterocycles. The summed E-state index contributed by atoms with van der Waals surface area (Å²) in [5.41, 5.74) is 1.14. The molecule has 0 aliphatic rings. The molecule has 0 atom stereocenters. The van der Waals surface area contributed by atoms with E-state index < -0.39 is 4.92 Å². The number of nitro benzene ring substituents is 1. The van der Waals surface area contributed by atoms with Crippen LogP contribution in [0.2, 0.25) is 0 Å². The number of nitro groups is 1. The fraction of sp³-hybridized carbons (Fsp3) is 0.231. The zero-order valence-electron chi connectivity index (χ0n) is 10.6. The molecule has 0 radical (unpaired) electrons. The van der Waals surface area contributed by atoms with Gasteiger partial charge < -0.3 is 5.32 Å². The van der Waals surface area contributed by atoms with Crippen LogP contribution in [0.15, 0.2) is 24.3 Å². The van der Waals surface area contributed by atoms with Crippen molar-refractivity contribution in [2.75, 3.05) is 6.54 Å². The number of nitrogens with zero attached hydrogens (tertiary/aromatic N) is 2. The van der Waals surface area contributed by atoms with Crippen molar-refractivity contribution in [3.05, 3.63) is 45.6 Å². The third kappa shape index (κ3) is 2.37. The standard InChI is InChI=1S/C13H13N3O3/c1-3-14-13(17)10-7-8(2)15-12-9(10)5-4-6-11(12)16(18)19/h4-7H,3H2,1-2H3,(H,14,17). The summed E-state index contributed by atoms with van der Waals surface area (Å²) in [7, 11) is 0. The average Bonchev–Trinajstić information content (AvgIpc) is 2.37. The Kier molecular flexibility index (Phi) is 3.41. The topological polar surface area (TPSA) is 85.1 Å². The van der Waals surface area contributed by atoms with Crippen molar-refractivity contribution >= 4 is 22.5 Å². The van der Waals surface area contributed by atoms with E-state index in [1.165, 1.54) is 6.07 Å². The molecular formula is C13H13N3O3. The lowest BCUT2D eigenvalue weighted by Crippen LogP contribution is -2.23. The van der Waals surface area contributed by atoms with Crippen LogP contribution in [0.3, 0.4) is 0 Å². The smallest absolute Gasteiger partial charge is 0.295 e. The molecule has 0 spiro atoms. The fourth-order valence-corrected chi connectivity index (χ4v) is 1.95. The number of nitrogens with one attached hydrogen (secondary N) is 1. The van der Waals surface area contributed by atoms with E-state index >= 15 is 0 Å². The van der Waals surface area contributed by atoms with Crippen LogP contribution in [0, 0.1) is 17.0 Å². The summed E-state index contributed by atoms with van der Waals surface area (Å²) in [6.45, 7) is 4.02. The summed E-state index contributed by atoms with van der Waals surface area (Å²) in [6.07, 6.45) is 0. The minimum Gasteiger partial charge on any atom is -0.352 e. The van der Waals surface area contributed by atoms with Gasteiger partial charge in [-0.3, -0.25) is 14.9 Å². The molecular weight excluding hydrogens is 246 g/mol. The van der Waals surface area contributed by atoms with Crippen molar-refractivity contribution in [3.63, 3.8) is 0 Å². The van der Waals surface area contributed by atoms with Crippen LogP contribution in [0.25, 0.3) is 10.9 Å². The molecule has 1 aromatic carbocycles. The highest BCUT2D eigenvalue weighted by Gasteiger charge is 2.18. The summed E-state index contributed by atoms with van der Waals surface area (Å²) in [6, 6.07) is 6.24. The summed E-state index contributed by atoms with van der Waals surface area (Å²) in [5.74, 6) is -0.251.